The maximum absolute atomic E-state index is 14.4. The predicted molar refractivity (Wildman–Crippen MR) is 97.6 cm³/mol. The van der Waals surface area contributed by atoms with Gasteiger partial charge < -0.3 is 4.74 Å². The van der Waals surface area contributed by atoms with Crippen LogP contribution >= 0.6 is 0 Å². The summed E-state index contributed by atoms with van der Waals surface area (Å²) in [6.45, 7) is 2.63. The van der Waals surface area contributed by atoms with Crippen LogP contribution in [0.5, 0.6) is 5.75 Å². The van der Waals surface area contributed by atoms with E-state index in [9.17, 15) is 13.2 Å². The highest BCUT2D eigenvalue weighted by Crippen LogP contribution is 2.33. The van der Waals surface area contributed by atoms with Crippen molar-refractivity contribution in [1.82, 2.24) is 0 Å². The third kappa shape index (κ3) is 4.40. The van der Waals surface area contributed by atoms with Crippen molar-refractivity contribution in [3.8, 4) is 16.9 Å². The molecule has 0 aliphatic heterocycles. The molecule has 1 aliphatic carbocycles. The molecule has 0 spiro atoms. The van der Waals surface area contributed by atoms with E-state index in [4.69, 9.17) is 4.74 Å². The van der Waals surface area contributed by atoms with Gasteiger partial charge in [0.05, 0.1) is 6.61 Å². The number of hydrogen-bond donors (Lipinski definition) is 0. The largest absolute Gasteiger partial charge is 0.490 e. The summed E-state index contributed by atoms with van der Waals surface area (Å²) >= 11 is 0. The summed E-state index contributed by atoms with van der Waals surface area (Å²) in [5.41, 5.74) is 0.540. The molecule has 0 N–H and O–H groups in total. The van der Waals surface area contributed by atoms with Crippen molar-refractivity contribution in [1.29, 1.82) is 0 Å². The first kappa shape index (κ1) is 18.8. The second kappa shape index (κ2) is 8.61. The molecule has 1 fully saturated rings. The number of hydrogen-bond acceptors (Lipinski definition) is 1. The van der Waals surface area contributed by atoms with Crippen LogP contribution in [0.3, 0.4) is 0 Å². The van der Waals surface area contributed by atoms with E-state index in [-0.39, 0.29) is 11.3 Å². The van der Waals surface area contributed by atoms with Crippen LogP contribution in [0.4, 0.5) is 13.2 Å². The van der Waals surface area contributed by atoms with Gasteiger partial charge in [0, 0.05) is 5.56 Å². The summed E-state index contributed by atoms with van der Waals surface area (Å²) in [4.78, 5) is 0. The minimum Gasteiger partial charge on any atom is -0.490 e. The lowest BCUT2D eigenvalue weighted by molar-refractivity contribution is 0.173. The van der Waals surface area contributed by atoms with E-state index in [1.54, 1.807) is 0 Å². The van der Waals surface area contributed by atoms with Crippen LogP contribution in [0.25, 0.3) is 11.1 Å². The van der Waals surface area contributed by atoms with Crippen LogP contribution in [0.2, 0.25) is 0 Å². The first-order valence-corrected chi connectivity index (χ1v) is 9.45. The molecule has 0 atom stereocenters. The molecule has 0 bridgehead atoms. The van der Waals surface area contributed by atoms with Crippen LogP contribution in [0.1, 0.15) is 45.4 Å². The van der Waals surface area contributed by atoms with E-state index < -0.39 is 17.5 Å². The minimum atomic E-state index is -0.980. The van der Waals surface area contributed by atoms with E-state index >= 15 is 0 Å². The van der Waals surface area contributed by atoms with Crippen molar-refractivity contribution in [2.75, 3.05) is 6.61 Å². The van der Waals surface area contributed by atoms with E-state index in [1.807, 2.05) is 0 Å². The predicted octanol–water partition coefficient (Wildman–Crippen LogP) is 6.76. The first-order valence-electron chi connectivity index (χ1n) is 9.45. The zero-order valence-corrected chi connectivity index (χ0v) is 15.1. The van der Waals surface area contributed by atoms with Gasteiger partial charge in [-0.1, -0.05) is 44.7 Å². The molecule has 1 saturated carbocycles. The Bertz CT molecular complexity index is 719. The second-order valence-electron chi connectivity index (χ2n) is 7.23. The molecule has 2 aromatic rings. The quantitative estimate of drug-likeness (QED) is 0.552. The Morgan fingerprint density at radius 1 is 0.846 bits per heavy atom. The van der Waals surface area contributed by atoms with Gasteiger partial charge in [-0.05, 0) is 54.5 Å². The maximum atomic E-state index is 14.4. The lowest BCUT2D eigenvalue weighted by Gasteiger charge is -2.28. The van der Waals surface area contributed by atoms with Crippen molar-refractivity contribution in [2.24, 2.45) is 11.8 Å². The van der Waals surface area contributed by atoms with Gasteiger partial charge in [0.2, 0.25) is 5.82 Å². The molecule has 0 aromatic heterocycles. The molecule has 0 heterocycles. The third-order valence-corrected chi connectivity index (χ3v) is 5.34. The molecule has 140 valence electrons. The van der Waals surface area contributed by atoms with E-state index in [1.165, 1.54) is 62.1 Å². The van der Waals surface area contributed by atoms with Crippen molar-refractivity contribution in [2.45, 2.75) is 45.4 Å². The van der Waals surface area contributed by atoms with Gasteiger partial charge >= 0.3 is 0 Å². The Kier molecular flexibility index (Phi) is 6.23. The fraction of sp³-hybridized carbons (Fsp3) is 0.455. The lowest BCUT2D eigenvalue weighted by atomic mass is 9.80. The summed E-state index contributed by atoms with van der Waals surface area (Å²) < 4.78 is 47.4. The Hall–Kier alpha value is -1.97. The average molecular weight is 362 g/mol. The van der Waals surface area contributed by atoms with Crippen molar-refractivity contribution < 1.29 is 17.9 Å². The van der Waals surface area contributed by atoms with E-state index in [2.05, 4.69) is 6.92 Å². The van der Waals surface area contributed by atoms with Crippen molar-refractivity contribution in [3.63, 3.8) is 0 Å². The summed E-state index contributed by atoms with van der Waals surface area (Å²) in [5, 5.41) is 0. The van der Waals surface area contributed by atoms with Crippen LogP contribution in [0.15, 0.2) is 36.4 Å². The Balaban J connectivity index is 1.63. The SMILES string of the molecule is CCC[C@H]1CC[C@H](COc2ccc(-c3ccc(F)cc3)c(F)c2F)CC1. The zero-order valence-electron chi connectivity index (χ0n) is 15.1. The maximum Gasteiger partial charge on any atom is 0.201 e. The summed E-state index contributed by atoms with van der Waals surface area (Å²) in [6, 6.07) is 8.27. The van der Waals surface area contributed by atoms with Crippen molar-refractivity contribution in [3.05, 3.63) is 53.8 Å². The standard InChI is InChI=1S/C22H25F3O/c1-2-3-15-4-6-16(7-5-15)14-26-20-13-12-19(21(24)22(20)25)17-8-10-18(23)11-9-17/h8-13,15-16H,2-7,14H2,1H3/t15-,16-. The molecule has 1 nitrogen and oxygen atoms in total. The van der Waals surface area contributed by atoms with Gasteiger partial charge in [0.15, 0.2) is 11.6 Å². The number of rotatable bonds is 6. The third-order valence-electron chi connectivity index (χ3n) is 5.34. The molecule has 0 unspecified atom stereocenters. The Morgan fingerprint density at radius 2 is 1.50 bits per heavy atom. The highest BCUT2D eigenvalue weighted by Gasteiger charge is 2.22. The number of benzene rings is 2. The molecule has 1 aliphatic rings. The molecule has 26 heavy (non-hydrogen) atoms. The summed E-state index contributed by atoms with van der Waals surface area (Å²) in [7, 11) is 0. The molecule has 0 saturated heterocycles. The Labute approximate surface area is 153 Å². The molecular weight excluding hydrogens is 337 g/mol. The van der Waals surface area contributed by atoms with Crippen LogP contribution in [0, 0.1) is 29.3 Å². The van der Waals surface area contributed by atoms with E-state index in [0.717, 1.165) is 18.8 Å². The molecule has 4 heteroatoms. The molecular formula is C22H25F3O. The van der Waals surface area contributed by atoms with Gasteiger partial charge in [-0.2, -0.15) is 4.39 Å². The fourth-order valence-electron chi connectivity index (χ4n) is 3.80. The normalized spacial score (nSPS) is 20.2. The zero-order chi connectivity index (χ0) is 18.5. The molecule has 2 aromatic carbocycles. The number of halogens is 3. The molecule has 3 rings (SSSR count). The van der Waals surface area contributed by atoms with Crippen LogP contribution < -0.4 is 4.74 Å². The van der Waals surface area contributed by atoms with Crippen LogP contribution in [-0.2, 0) is 0 Å². The number of ether oxygens (including phenoxy) is 1. The molecule has 0 radical (unpaired) electrons. The fourth-order valence-corrected chi connectivity index (χ4v) is 3.80. The van der Waals surface area contributed by atoms with Gasteiger partial charge in [0.25, 0.3) is 0 Å². The highest BCUT2D eigenvalue weighted by atomic mass is 19.2. The van der Waals surface area contributed by atoms with Gasteiger partial charge in [-0.15, -0.1) is 0 Å². The van der Waals surface area contributed by atoms with Crippen molar-refractivity contribution >= 4 is 0 Å². The monoisotopic (exact) mass is 362 g/mol. The average Bonchev–Trinajstić information content (AvgIpc) is 2.65. The minimum absolute atomic E-state index is 0.0518. The first-order chi connectivity index (χ1) is 12.6. The molecule has 0 amide bonds. The second-order valence-corrected chi connectivity index (χ2v) is 7.23. The topological polar surface area (TPSA) is 9.23 Å². The van der Waals surface area contributed by atoms with Gasteiger partial charge in [-0.25, -0.2) is 8.78 Å². The van der Waals surface area contributed by atoms with Crippen LogP contribution in [-0.4, -0.2) is 6.61 Å². The smallest absolute Gasteiger partial charge is 0.201 e. The summed E-state index contributed by atoms with van der Waals surface area (Å²) in [6.07, 6.45) is 7.06. The highest BCUT2D eigenvalue weighted by molar-refractivity contribution is 5.65. The van der Waals surface area contributed by atoms with E-state index in [0.29, 0.717) is 18.1 Å². The lowest BCUT2D eigenvalue weighted by Crippen LogP contribution is -2.20. The van der Waals surface area contributed by atoms with Gasteiger partial charge in [-0.3, -0.25) is 0 Å². The Morgan fingerprint density at radius 3 is 2.15 bits per heavy atom. The summed E-state index contributed by atoms with van der Waals surface area (Å²) in [5.74, 6) is -1.19. The van der Waals surface area contributed by atoms with Gasteiger partial charge in [0.1, 0.15) is 5.82 Å².